The van der Waals surface area contributed by atoms with Gasteiger partial charge in [0.15, 0.2) is 0 Å². The Morgan fingerprint density at radius 2 is 2.04 bits per heavy atom. The minimum Gasteiger partial charge on any atom is -0.462 e. The molecule has 0 radical (unpaired) electrons. The van der Waals surface area contributed by atoms with E-state index in [1.807, 2.05) is 0 Å². The smallest absolute Gasteiger partial charge is 0.338 e. The highest BCUT2D eigenvalue weighted by molar-refractivity contribution is 7.89. The summed E-state index contributed by atoms with van der Waals surface area (Å²) in [6, 6.07) is 2.96. The Labute approximate surface area is 141 Å². The maximum absolute atomic E-state index is 13.9. The molecule has 8 heteroatoms. The molecule has 2 saturated heterocycles. The number of hydrogen-bond donors (Lipinski definition) is 1. The first-order valence-electron chi connectivity index (χ1n) is 8.15. The topological polar surface area (TPSA) is 75.7 Å². The van der Waals surface area contributed by atoms with Crippen LogP contribution in [0.4, 0.5) is 4.39 Å². The van der Waals surface area contributed by atoms with Crippen LogP contribution < -0.4 is 5.32 Å². The number of esters is 1. The molecule has 0 aromatic heterocycles. The number of nitrogens with one attached hydrogen (secondary N) is 1. The van der Waals surface area contributed by atoms with Crippen molar-refractivity contribution in [1.82, 2.24) is 9.62 Å². The van der Waals surface area contributed by atoms with Crippen molar-refractivity contribution < 1.29 is 22.3 Å². The lowest BCUT2D eigenvalue weighted by Crippen LogP contribution is -2.42. The lowest BCUT2D eigenvalue weighted by Gasteiger charge is -2.27. The number of carbonyl (C=O) groups excluding carboxylic acids is 1. The Kier molecular flexibility index (Phi) is 4.89. The number of rotatable bonds is 4. The summed E-state index contributed by atoms with van der Waals surface area (Å²) in [7, 11) is -3.87. The van der Waals surface area contributed by atoms with Gasteiger partial charge in [0.05, 0.1) is 17.1 Å². The number of carbonyl (C=O) groups is 1. The van der Waals surface area contributed by atoms with Crippen molar-refractivity contribution in [2.45, 2.75) is 43.2 Å². The molecular weight excluding hydrogens is 335 g/mol. The van der Waals surface area contributed by atoms with Crippen LogP contribution in [-0.4, -0.2) is 50.5 Å². The fourth-order valence-electron chi connectivity index (χ4n) is 3.50. The van der Waals surface area contributed by atoms with Gasteiger partial charge in [-0.15, -0.1) is 0 Å². The predicted molar refractivity (Wildman–Crippen MR) is 85.7 cm³/mol. The molecule has 2 bridgehead atoms. The lowest BCUT2D eigenvalue weighted by atomic mass is 10.1. The number of nitrogens with zero attached hydrogens (tertiary/aromatic N) is 1. The molecule has 0 amide bonds. The van der Waals surface area contributed by atoms with E-state index >= 15 is 0 Å². The van der Waals surface area contributed by atoms with Crippen molar-refractivity contribution in [3.63, 3.8) is 0 Å². The quantitative estimate of drug-likeness (QED) is 0.828. The van der Waals surface area contributed by atoms with E-state index in [1.165, 1.54) is 10.4 Å². The van der Waals surface area contributed by atoms with E-state index in [1.54, 1.807) is 6.92 Å². The van der Waals surface area contributed by atoms with Crippen molar-refractivity contribution in [3.05, 3.63) is 29.6 Å². The summed E-state index contributed by atoms with van der Waals surface area (Å²) in [4.78, 5) is 11.7. The van der Waals surface area contributed by atoms with Crippen LogP contribution in [0.25, 0.3) is 0 Å². The highest BCUT2D eigenvalue weighted by Crippen LogP contribution is 2.34. The van der Waals surface area contributed by atoms with Crippen molar-refractivity contribution in [2.24, 2.45) is 0 Å². The second-order valence-electron chi connectivity index (χ2n) is 6.11. The Morgan fingerprint density at radius 1 is 1.29 bits per heavy atom. The van der Waals surface area contributed by atoms with E-state index < -0.39 is 21.8 Å². The Hall–Kier alpha value is -1.51. The summed E-state index contributed by atoms with van der Waals surface area (Å²) in [5.74, 6) is -1.49. The minimum atomic E-state index is -3.87. The average molecular weight is 356 g/mol. The molecule has 2 heterocycles. The van der Waals surface area contributed by atoms with Crippen LogP contribution in [-0.2, 0) is 14.8 Å². The normalized spacial score (nSPS) is 24.6. The van der Waals surface area contributed by atoms with E-state index in [2.05, 4.69) is 5.32 Å². The van der Waals surface area contributed by atoms with Crippen molar-refractivity contribution in [2.75, 3.05) is 19.7 Å². The molecule has 3 rings (SSSR count). The van der Waals surface area contributed by atoms with Crippen molar-refractivity contribution in [3.8, 4) is 0 Å². The molecule has 0 saturated carbocycles. The van der Waals surface area contributed by atoms with E-state index in [0.717, 1.165) is 37.9 Å². The molecule has 2 aliphatic rings. The minimum absolute atomic E-state index is 0.0793. The predicted octanol–water partition coefficient (Wildman–Crippen LogP) is 1.52. The number of fused-ring (bicyclic) bond motifs is 2. The fraction of sp³-hybridized carbons (Fsp3) is 0.562. The van der Waals surface area contributed by atoms with Crippen LogP contribution >= 0.6 is 0 Å². The van der Waals surface area contributed by atoms with Crippen LogP contribution in [0.5, 0.6) is 0 Å². The molecule has 1 N–H and O–H groups in total. The monoisotopic (exact) mass is 356 g/mol. The Morgan fingerprint density at radius 3 is 2.79 bits per heavy atom. The highest BCUT2D eigenvalue weighted by Gasteiger charge is 2.43. The number of benzene rings is 1. The highest BCUT2D eigenvalue weighted by atomic mass is 32.2. The summed E-state index contributed by atoms with van der Waals surface area (Å²) < 4.78 is 46.4. The Balaban J connectivity index is 1.99. The van der Waals surface area contributed by atoms with E-state index in [0.29, 0.717) is 6.54 Å². The van der Waals surface area contributed by atoms with Gasteiger partial charge in [-0.05, 0) is 50.9 Å². The van der Waals surface area contributed by atoms with Gasteiger partial charge in [0.25, 0.3) is 0 Å². The number of sulfonamides is 1. The second-order valence-corrected chi connectivity index (χ2v) is 7.95. The largest absolute Gasteiger partial charge is 0.462 e. The standard InChI is InChI=1S/C16H21FN2O4S/c1-2-23-16(20)11-7-12(17)9-15(8-11)24(21,22)19-13-3-4-14(19)10-18-6-5-13/h7-9,13-14,18H,2-6,10H2,1H3. The summed E-state index contributed by atoms with van der Waals surface area (Å²) in [5, 5.41) is 3.24. The molecule has 1 aromatic rings. The Bertz CT molecular complexity index is 724. The molecular formula is C16H21FN2O4S. The van der Waals surface area contributed by atoms with Crippen LogP contribution in [0, 0.1) is 5.82 Å². The van der Waals surface area contributed by atoms with E-state index in [-0.39, 0.29) is 29.1 Å². The summed E-state index contributed by atoms with van der Waals surface area (Å²) in [6.45, 7) is 3.14. The summed E-state index contributed by atoms with van der Waals surface area (Å²) in [6.07, 6.45) is 2.33. The van der Waals surface area contributed by atoms with Gasteiger partial charge in [0.1, 0.15) is 5.82 Å². The SMILES string of the molecule is CCOC(=O)c1cc(F)cc(S(=O)(=O)N2C3CCNCC2CC3)c1. The average Bonchev–Trinajstić information content (AvgIpc) is 2.80. The van der Waals surface area contributed by atoms with Gasteiger partial charge < -0.3 is 10.1 Å². The van der Waals surface area contributed by atoms with Crippen molar-refractivity contribution >= 4 is 16.0 Å². The third-order valence-electron chi connectivity index (χ3n) is 4.55. The van der Waals surface area contributed by atoms with Gasteiger partial charge in [-0.2, -0.15) is 4.31 Å². The van der Waals surface area contributed by atoms with Crippen LogP contribution in [0.3, 0.4) is 0 Å². The van der Waals surface area contributed by atoms with Gasteiger partial charge in [0, 0.05) is 18.6 Å². The fourth-order valence-corrected chi connectivity index (χ4v) is 5.45. The molecule has 2 unspecified atom stereocenters. The molecule has 24 heavy (non-hydrogen) atoms. The van der Waals surface area contributed by atoms with Gasteiger partial charge in [-0.1, -0.05) is 0 Å². The first-order valence-corrected chi connectivity index (χ1v) is 9.59. The van der Waals surface area contributed by atoms with Gasteiger partial charge >= 0.3 is 5.97 Å². The zero-order valence-electron chi connectivity index (χ0n) is 13.5. The maximum Gasteiger partial charge on any atom is 0.338 e. The maximum atomic E-state index is 13.9. The molecule has 2 atom stereocenters. The number of hydrogen-bond acceptors (Lipinski definition) is 5. The molecule has 2 aliphatic heterocycles. The summed E-state index contributed by atoms with van der Waals surface area (Å²) >= 11 is 0. The third-order valence-corrected chi connectivity index (χ3v) is 6.53. The number of ether oxygens (including phenoxy) is 1. The molecule has 0 aliphatic carbocycles. The van der Waals surface area contributed by atoms with Crippen molar-refractivity contribution in [1.29, 1.82) is 0 Å². The van der Waals surface area contributed by atoms with Crippen LogP contribution in [0.15, 0.2) is 23.1 Å². The summed E-state index contributed by atoms with van der Waals surface area (Å²) in [5.41, 5.74) is -0.0873. The lowest BCUT2D eigenvalue weighted by molar-refractivity contribution is 0.0525. The zero-order chi connectivity index (χ0) is 17.3. The second kappa shape index (κ2) is 6.78. The first kappa shape index (κ1) is 17.3. The molecule has 1 aromatic carbocycles. The van der Waals surface area contributed by atoms with Crippen LogP contribution in [0.2, 0.25) is 0 Å². The third kappa shape index (κ3) is 3.18. The van der Waals surface area contributed by atoms with E-state index in [4.69, 9.17) is 4.74 Å². The molecule has 132 valence electrons. The van der Waals surface area contributed by atoms with E-state index in [9.17, 15) is 17.6 Å². The molecule has 0 spiro atoms. The molecule has 2 fully saturated rings. The molecule has 6 nitrogen and oxygen atoms in total. The first-order chi connectivity index (χ1) is 11.4. The van der Waals surface area contributed by atoms with Gasteiger partial charge in [0.2, 0.25) is 10.0 Å². The van der Waals surface area contributed by atoms with Gasteiger partial charge in [-0.25, -0.2) is 17.6 Å². The number of halogens is 1. The van der Waals surface area contributed by atoms with Gasteiger partial charge in [-0.3, -0.25) is 0 Å². The van der Waals surface area contributed by atoms with Crippen LogP contribution in [0.1, 0.15) is 36.5 Å². The zero-order valence-corrected chi connectivity index (χ0v) is 14.3.